The molecule has 0 saturated heterocycles. The van der Waals surface area contributed by atoms with Crippen LogP contribution in [-0.2, 0) is 4.74 Å². The Labute approximate surface area is 107 Å². The molecule has 1 heterocycles. The monoisotopic (exact) mass is 269 g/mol. The van der Waals surface area contributed by atoms with Crippen LogP contribution in [0.25, 0.3) is 5.69 Å². The van der Waals surface area contributed by atoms with Crippen LogP contribution >= 0.6 is 11.6 Å². The molecule has 0 spiro atoms. The van der Waals surface area contributed by atoms with Gasteiger partial charge in [0.15, 0.2) is 11.5 Å². The topological polar surface area (TPSA) is 57.0 Å². The van der Waals surface area contributed by atoms with Gasteiger partial charge in [-0.2, -0.15) is 5.10 Å². The van der Waals surface area contributed by atoms with Crippen LogP contribution in [0.3, 0.4) is 0 Å². The number of nitrogens with zero attached hydrogens (tertiary/aromatic N) is 3. The second-order valence-electron chi connectivity index (χ2n) is 3.34. The molecule has 0 aliphatic carbocycles. The summed E-state index contributed by atoms with van der Waals surface area (Å²) in [5, 5.41) is 7.91. The maximum absolute atomic E-state index is 13.6. The van der Waals surface area contributed by atoms with Crippen LogP contribution in [0.4, 0.5) is 4.39 Å². The standard InChI is InChI=1S/C11H9ClFN3O2/c1-2-18-11(17)9-6-14-16(15-9)10-4-3-7(12)5-8(10)13/h3-6H,2H2,1H3. The van der Waals surface area contributed by atoms with Gasteiger partial charge in [0.1, 0.15) is 5.69 Å². The highest BCUT2D eigenvalue weighted by Crippen LogP contribution is 2.17. The molecule has 0 bridgehead atoms. The normalized spacial score (nSPS) is 10.4. The number of rotatable bonds is 3. The summed E-state index contributed by atoms with van der Waals surface area (Å²) >= 11 is 5.64. The molecule has 0 saturated carbocycles. The lowest BCUT2D eigenvalue weighted by Gasteiger charge is -2.01. The zero-order valence-corrected chi connectivity index (χ0v) is 10.2. The molecule has 0 unspecified atom stereocenters. The zero-order chi connectivity index (χ0) is 13.1. The van der Waals surface area contributed by atoms with Crippen molar-refractivity contribution in [1.29, 1.82) is 0 Å². The van der Waals surface area contributed by atoms with E-state index in [0.29, 0.717) is 0 Å². The third kappa shape index (κ3) is 2.48. The van der Waals surface area contributed by atoms with E-state index in [4.69, 9.17) is 16.3 Å². The van der Waals surface area contributed by atoms with Crippen LogP contribution in [0.5, 0.6) is 0 Å². The quantitative estimate of drug-likeness (QED) is 0.802. The molecule has 2 rings (SSSR count). The Morgan fingerprint density at radius 1 is 1.56 bits per heavy atom. The van der Waals surface area contributed by atoms with Crippen LogP contribution in [0.15, 0.2) is 24.4 Å². The molecule has 1 aromatic heterocycles. The van der Waals surface area contributed by atoms with Crippen molar-refractivity contribution in [3.8, 4) is 5.69 Å². The molecule has 0 aliphatic heterocycles. The van der Waals surface area contributed by atoms with Crippen molar-refractivity contribution < 1.29 is 13.9 Å². The highest BCUT2D eigenvalue weighted by Gasteiger charge is 2.14. The molecule has 5 nitrogen and oxygen atoms in total. The number of hydrogen-bond donors (Lipinski definition) is 0. The van der Waals surface area contributed by atoms with Crippen LogP contribution in [0, 0.1) is 5.82 Å². The Morgan fingerprint density at radius 2 is 2.33 bits per heavy atom. The lowest BCUT2D eigenvalue weighted by molar-refractivity contribution is 0.0519. The highest BCUT2D eigenvalue weighted by atomic mass is 35.5. The van der Waals surface area contributed by atoms with E-state index in [0.717, 1.165) is 10.9 Å². The van der Waals surface area contributed by atoms with Gasteiger partial charge in [-0.3, -0.25) is 0 Å². The Bertz CT molecular complexity index is 585. The molecule has 7 heteroatoms. The van der Waals surface area contributed by atoms with Gasteiger partial charge in [-0.1, -0.05) is 11.6 Å². The van der Waals surface area contributed by atoms with E-state index in [1.165, 1.54) is 18.3 Å². The summed E-state index contributed by atoms with van der Waals surface area (Å²) in [5.41, 5.74) is 0.126. The Kier molecular flexibility index (Phi) is 3.57. The third-order valence-electron chi connectivity index (χ3n) is 2.10. The van der Waals surface area contributed by atoms with Crippen molar-refractivity contribution >= 4 is 17.6 Å². The maximum Gasteiger partial charge on any atom is 0.360 e. The van der Waals surface area contributed by atoms with Gasteiger partial charge in [-0.05, 0) is 25.1 Å². The first kappa shape index (κ1) is 12.5. The largest absolute Gasteiger partial charge is 0.461 e. The molecule has 0 N–H and O–H groups in total. The fraction of sp³-hybridized carbons (Fsp3) is 0.182. The van der Waals surface area contributed by atoms with Crippen LogP contribution in [0.2, 0.25) is 5.02 Å². The van der Waals surface area contributed by atoms with Crippen molar-refractivity contribution in [3.05, 3.63) is 40.9 Å². The van der Waals surface area contributed by atoms with Crippen LogP contribution in [0.1, 0.15) is 17.4 Å². The van der Waals surface area contributed by atoms with Crippen LogP contribution in [-0.4, -0.2) is 27.6 Å². The average Bonchev–Trinajstić information content (AvgIpc) is 2.78. The van der Waals surface area contributed by atoms with Crippen molar-refractivity contribution in [3.63, 3.8) is 0 Å². The first-order valence-electron chi connectivity index (χ1n) is 5.16. The molecule has 0 amide bonds. The molecule has 1 aromatic carbocycles. The number of ether oxygens (including phenoxy) is 1. The minimum Gasteiger partial charge on any atom is -0.461 e. The number of carbonyl (C=O) groups is 1. The predicted molar refractivity (Wildman–Crippen MR) is 62.3 cm³/mol. The van der Waals surface area contributed by atoms with Crippen molar-refractivity contribution in [1.82, 2.24) is 15.0 Å². The highest BCUT2D eigenvalue weighted by molar-refractivity contribution is 6.30. The SMILES string of the molecule is CCOC(=O)c1cnn(-c2ccc(Cl)cc2F)n1. The van der Waals surface area contributed by atoms with Gasteiger partial charge >= 0.3 is 5.97 Å². The Morgan fingerprint density at radius 3 is 3.00 bits per heavy atom. The molecular weight excluding hydrogens is 261 g/mol. The number of carbonyl (C=O) groups excluding carboxylic acids is 1. The number of hydrogen-bond acceptors (Lipinski definition) is 4. The molecule has 94 valence electrons. The summed E-state index contributed by atoms with van der Waals surface area (Å²) < 4.78 is 18.3. The second kappa shape index (κ2) is 5.14. The first-order chi connectivity index (χ1) is 8.61. The fourth-order valence-corrected chi connectivity index (χ4v) is 1.48. The molecular formula is C11H9ClFN3O2. The van der Waals surface area contributed by atoms with Gasteiger partial charge in [0.2, 0.25) is 0 Å². The number of aromatic nitrogens is 3. The summed E-state index contributed by atoms with van der Waals surface area (Å²) in [4.78, 5) is 12.4. The maximum atomic E-state index is 13.6. The molecule has 0 fully saturated rings. The minimum absolute atomic E-state index is 0.0196. The summed E-state index contributed by atoms with van der Waals surface area (Å²) in [6.07, 6.45) is 1.21. The van der Waals surface area contributed by atoms with E-state index < -0.39 is 11.8 Å². The minimum atomic E-state index is -0.599. The number of benzene rings is 1. The van der Waals surface area contributed by atoms with Gasteiger partial charge in [-0.15, -0.1) is 9.90 Å². The summed E-state index contributed by atoms with van der Waals surface area (Å²) in [6.45, 7) is 1.92. The van der Waals surface area contributed by atoms with Gasteiger partial charge < -0.3 is 4.74 Å². The molecule has 0 aliphatic rings. The van der Waals surface area contributed by atoms with Crippen molar-refractivity contribution in [2.45, 2.75) is 6.92 Å². The number of esters is 1. The predicted octanol–water partition coefficient (Wildman–Crippen LogP) is 2.24. The molecule has 0 atom stereocenters. The lowest BCUT2D eigenvalue weighted by Crippen LogP contribution is -2.07. The molecule has 2 aromatic rings. The van der Waals surface area contributed by atoms with Gasteiger partial charge in [-0.25, -0.2) is 9.18 Å². The molecule has 18 heavy (non-hydrogen) atoms. The number of halogens is 2. The van der Waals surface area contributed by atoms with E-state index >= 15 is 0 Å². The third-order valence-corrected chi connectivity index (χ3v) is 2.34. The summed E-state index contributed by atoms with van der Waals surface area (Å²) in [6, 6.07) is 4.07. The Balaban J connectivity index is 2.32. The van der Waals surface area contributed by atoms with Crippen LogP contribution < -0.4 is 0 Å². The van der Waals surface area contributed by atoms with E-state index in [9.17, 15) is 9.18 Å². The first-order valence-corrected chi connectivity index (χ1v) is 5.54. The Hall–Kier alpha value is -1.95. The van der Waals surface area contributed by atoms with E-state index in [1.54, 1.807) is 6.92 Å². The smallest absolute Gasteiger partial charge is 0.360 e. The lowest BCUT2D eigenvalue weighted by atomic mass is 10.3. The zero-order valence-electron chi connectivity index (χ0n) is 9.43. The fourth-order valence-electron chi connectivity index (χ4n) is 1.32. The van der Waals surface area contributed by atoms with E-state index in [-0.39, 0.29) is 23.0 Å². The summed E-state index contributed by atoms with van der Waals surface area (Å²) in [7, 11) is 0. The van der Waals surface area contributed by atoms with E-state index in [1.807, 2.05) is 0 Å². The van der Waals surface area contributed by atoms with E-state index in [2.05, 4.69) is 10.2 Å². The summed E-state index contributed by atoms with van der Waals surface area (Å²) in [5.74, 6) is -1.17. The van der Waals surface area contributed by atoms with Crippen molar-refractivity contribution in [2.24, 2.45) is 0 Å². The molecule has 0 radical (unpaired) electrons. The second-order valence-corrected chi connectivity index (χ2v) is 3.77. The van der Waals surface area contributed by atoms with Gasteiger partial charge in [0.05, 0.1) is 12.8 Å². The average molecular weight is 270 g/mol. The van der Waals surface area contributed by atoms with Gasteiger partial charge in [0, 0.05) is 5.02 Å². The van der Waals surface area contributed by atoms with Gasteiger partial charge in [0.25, 0.3) is 0 Å². The van der Waals surface area contributed by atoms with Crippen molar-refractivity contribution in [2.75, 3.05) is 6.61 Å².